The SMILES string of the molecule is COC1(C(=O)CCC(C)C)C(C)CCC1C. The normalized spacial score (nSPS) is 34.6. The second-order valence-electron chi connectivity index (χ2n) is 5.73. The molecule has 1 aliphatic carbocycles. The van der Waals surface area contributed by atoms with E-state index in [0.717, 1.165) is 19.3 Å². The molecule has 1 aliphatic rings. The van der Waals surface area contributed by atoms with E-state index in [2.05, 4.69) is 27.7 Å². The van der Waals surface area contributed by atoms with Crippen LogP contribution in [0.4, 0.5) is 0 Å². The predicted octanol–water partition coefficient (Wildman–Crippen LogP) is 3.44. The Kier molecular flexibility index (Phi) is 4.54. The molecule has 2 unspecified atom stereocenters. The highest BCUT2D eigenvalue weighted by atomic mass is 16.5. The molecule has 0 N–H and O–H groups in total. The van der Waals surface area contributed by atoms with Crippen molar-refractivity contribution in [3.8, 4) is 0 Å². The quantitative estimate of drug-likeness (QED) is 0.717. The fraction of sp³-hybridized carbons (Fsp3) is 0.929. The zero-order valence-electron chi connectivity index (χ0n) is 11.4. The molecular formula is C14H26O2. The molecule has 1 saturated carbocycles. The maximum Gasteiger partial charge on any atom is 0.165 e. The van der Waals surface area contributed by atoms with E-state index < -0.39 is 5.60 Å². The van der Waals surface area contributed by atoms with Gasteiger partial charge in [0.2, 0.25) is 0 Å². The van der Waals surface area contributed by atoms with Crippen molar-refractivity contribution >= 4 is 5.78 Å². The van der Waals surface area contributed by atoms with Crippen molar-refractivity contribution in [3.63, 3.8) is 0 Å². The van der Waals surface area contributed by atoms with E-state index >= 15 is 0 Å². The third-order valence-electron chi connectivity index (χ3n) is 4.22. The Morgan fingerprint density at radius 2 is 1.81 bits per heavy atom. The van der Waals surface area contributed by atoms with Gasteiger partial charge >= 0.3 is 0 Å². The Morgan fingerprint density at radius 1 is 1.31 bits per heavy atom. The lowest BCUT2D eigenvalue weighted by Gasteiger charge is -2.35. The number of rotatable bonds is 5. The minimum absolute atomic E-state index is 0.321. The number of ketones is 1. The maximum absolute atomic E-state index is 12.4. The minimum atomic E-state index is -0.491. The standard InChI is InChI=1S/C14H26O2/c1-10(2)6-9-13(15)14(16-5)11(3)7-8-12(14)4/h10-12H,6-9H2,1-5H3. The monoisotopic (exact) mass is 226 g/mol. The van der Waals surface area contributed by atoms with Crippen molar-refractivity contribution in [1.82, 2.24) is 0 Å². The Morgan fingerprint density at radius 3 is 2.19 bits per heavy atom. The summed E-state index contributed by atoms with van der Waals surface area (Å²) >= 11 is 0. The summed E-state index contributed by atoms with van der Waals surface area (Å²) < 4.78 is 5.67. The van der Waals surface area contributed by atoms with Crippen molar-refractivity contribution in [2.75, 3.05) is 7.11 Å². The topological polar surface area (TPSA) is 26.3 Å². The first-order chi connectivity index (χ1) is 7.45. The van der Waals surface area contributed by atoms with Crippen LogP contribution < -0.4 is 0 Å². The largest absolute Gasteiger partial charge is 0.370 e. The van der Waals surface area contributed by atoms with Crippen LogP contribution in [0.15, 0.2) is 0 Å². The van der Waals surface area contributed by atoms with Crippen molar-refractivity contribution in [2.24, 2.45) is 17.8 Å². The number of methoxy groups -OCH3 is 1. The molecule has 94 valence electrons. The van der Waals surface area contributed by atoms with Gasteiger partial charge in [-0.3, -0.25) is 4.79 Å². The molecule has 0 spiro atoms. The van der Waals surface area contributed by atoms with Gasteiger partial charge in [-0.05, 0) is 37.0 Å². The molecule has 0 amide bonds. The van der Waals surface area contributed by atoms with Crippen molar-refractivity contribution in [1.29, 1.82) is 0 Å². The van der Waals surface area contributed by atoms with Gasteiger partial charge in [-0.2, -0.15) is 0 Å². The summed E-state index contributed by atoms with van der Waals surface area (Å²) in [6, 6.07) is 0. The molecule has 1 rings (SSSR count). The number of Topliss-reactive ketones (excluding diaryl/α,β-unsaturated/α-hetero) is 1. The molecule has 0 saturated heterocycles. The second kappa shape index (κ2) is 5.31. The molecule has 2 atom stereocenters. The van der Waals surface area contributed by atoms with E-state index in [9.17, 15) is 4.79 Å². The van der Waals surface area contributed by atoms with Crippen LogP contribution in [0.25, 0.3) is 0 Å². The molecule has 0 radical (unpaired) electrons. The summed E-state index contributed by atoms with van der Waals surface area (Å²) in [6.45, 7) is 8.63. The molecule has 2 nitrogen and oxygen atoms in total. The first-order valence-electron chi connectivity index (χ1n) is 6.53. The van der Waals surface area contributed by atoms with Crippen LogP contribution in [0.3, 0.4) is 0 Å². The Hall–Kier alpha value is -0.370. The number of ether oxygens (including phenoxy) is 1. The van der Waals surface area contributed by atoms with Gasteiger partial charge in [0.05, 0.1) is 0 Å². The first-order valence-corrected chi connectivity index (χ1v) is 6.53. The summed E-state index contributed by atoms with van der Waals surface area (Å²) in [5, 5.41) is 0. The van der Waals surface area contributed by atoms with Gasteiger partial charge in [-0.1, -0.05) is 27.7 Å². The van der Waals surface area contributed by atoms with Crippen LogP contribution in [0.2, 0.25) is 0 Å². The van der Waals surface area contributed by atoms with E-state index in [0.29, 0.717) is 30.0 Å². The zero-order valence-corrected chi connectivity index (χ0v) is 11.4. The lowest BCUT2D eigenvalue weighted by Crippen LogP contribution is -2.47. The molecular weight excluding hydrogens is 200 g/mol. The number of hydrogen-bond acceptors (Lipinski definition) is 2. The second-order valence-corrected chi connectivity index (χ2v) is 5.73. The van der Waals surface area contributed by atoms with E-state index in [1.165, 1.54) is 0 Å². The molecule has 2 heteroatoms. The van der Waals surface area contributed by atoms with Gasteiger partial charge < -0.3 is 4.74 Å². The Bertz CT molecular complexity index is 235. The summed E-state index contributed by atoms with van der Waals surface area (Å²) in [4.78, 5) is 12.4. The molecule has 0 aromatic carbocycles. The third-order valence-corrected chi connectivity index (χ3v) is 4.22. The average molecular weight is 226 g/mol. The van der Waals surface area contributed by atoms with Crippen LogP contribution in [0.5, 0.6) is 0 Å². The summed E-state index contributed by atoms with van der Waals surface area (Å²) in [5.74, 6) is 1.64. The molecule has 0 aromatic heterocycles. The molecule has 1 fully saturated rings. The number of hydrogen-bond donors (Lipinski definition) is 0. The summed E-state index contributed by atoms with van der Waals surface area (Å²) in [7, 11) is 1.70. The molecule has 0 heterocycles. The van der Waals surface area contributed by atoms with Gasteiger partial charge in [0.25, 0.3) is 0 Å². The smallest absolute Gasteiger partial charge is 0.165 e. The Balaban J connectivity index is 2.75. The van der Waals surface area contributed by atoms with Gasteiger partial charge in [-0.25, -0.2) is 0 Å². The van der Waals surface area contributed by atoms with E-state index in [1.54, 1.807) is 7.11 Å². The third kappa shape index (κ3) is 2.32. The minimum Gasteiger partial charge on any atom is -0.370 e. The predicted molar refractivity (Wildman–Crippen MR) is 66.4 cm³/mol. The van der Waals surface area contributed by atoms with Crippen molar-refractivity contribution < 1.29 is 9.53 Å². The summed E-state index contributed by atoms with van der Waals surface area (Å²) in [5.41, 5.74) is -0.491. The van der Waals surface area contributed by atoms with Crippen LogP contribution in [-0.4, -0.2) is 18.5 Å². The molecule has 0 bridgehead atoms. The summed E-state index contributed by atoms with van der Waals surface area (Å²) in [6.07, 6.45) is 3.87. The fourth-order valence-corrected chi connectivity index (χ4v) is 3.10. The van der Waals surface area contributed by atoms with Crippen LogP contribution in [-0.2, 0) is 9.53 Å². The van der Waals surface area contributed by atoms with Crippen LogP contribution >= 0.6 is 0 Å². The molecule has 0 aliphatic heterocycles. The number of carbonyl (C=O) groups is 1. The van der Waals surface area contributed by atoms with Gasteiger partial charge in [-0.15, -0.1) is 0 Å². The highest BCUT2D eigenvalue weighted by Crippen LogP contribution is 2.44. The highest BCUT2D eigenvalue weighted by molar-refractivity contribution is 5.88. The first kappa shape index (κ1) is 13.7. The van der Waals surface area contributed by atoms with Gasteiger partial charge in [0.1, 0.15) is 5.60 Å². The van der Waals surface area contributed by atoms with E-state index in [1.807, 2.05) is 0 Å². The number of carbonyl (C=O) groups excluding carboxylic acids is 1. The Labute approximate surface area is 99.8 Å². The van der Waals surface area contributed by atoms with Crippen molar-refractivity contribution in [2.45, 2.75) is 59.0 Å². The van der Waals surface area contributed by atoms with E-state index in [4.69, 9.17) is 4.74 Å². The van der Waals surface area contributed by atoms with E-state index in [-0.39, 0.29) is 0 Å². The maximum atomic E-state index is 12.4. The van der Waals surface area contributed by atoms with Crippen LogP contribution in [0, 0.1) is 17.8 Å². The highest BCUT2D eigenvalue weighted by Gasteiger charge is 2.51. The van der Waals surface area contributed by atoms with Gasteiger partial charge in [0.15, 0.2) is 5.78 Å². The van der Waals surface area contributed by atoms with Crippen molar-refractivity contribution in [3.05, 3.63) is 0 Å². The zero-order chi connectivity index (χ0) is 12.3. The molecule has 16 heavy (non-hydrogen) atoms. The lowest BCUT2D eigenvalue weighted by molar-refractivity contribution is -0.150. The fourth-order valence-electron chi connectivity index (χ4n) is 3.10. The molecule has 0 aromatic rings. The van der Waals surface area contributed by atoms with Crippen LogP contribution in [0.1, 0.15) is 53.4 Å². The van der Waals surface area contributed by atoms with Gasteiger partial charge in [0, 0.05) is 13.5 Å². The lowest BCUT2D eigenvalue weighted by atomic mass is 9.79. The average Bonchev–Trinajstić information content (AvgIpc) is 2.52.